The second kappa shape index (κ2) is 4.59. The van der Waals surface area contributed by atoms with Crippen LogP contribution in [0.1, 0.15) is 42.7 Å². The van der Waals surface area contributed by atoms with E-state index in [1.54, 1.807) is 12.1 Å². The van der Waals surface area contributed by atoms with Crippen molar-refractivity contribution in [2.24, 2.45) is 0 Å². The summed E-state index contributed by atoms with van der Waals surface area (Å²) in [4.78, 5) is 0. The Morgan fingerprint density at radius 2 is 1.82 bits per heavy atom. The highest BCUT2D eigenvalue weighted by atomic mass is 19.4. The lowest BCUT2D eigenvalue weighted by atomic mass is 9.92. The van der Waals surface area contributed by atoms with Crippen LogP contribution in [0.4, 0.5) is 13.2 Å². The molecule has 1 nitrogen and oxygen atoms in total. The van der Waals surface area contributed by atoms with Gasteiger partial charge in [-0.3, -0.25) is 0 Å². The third-order valence-corrected chi connectivity index (χ3v) is 3.36. The van der Waals surface area contributed by atoms with Crippen LogP contribution < -0.4 is 4.74 Å². The third kappa shape index (κ3) is 2.56. The summed E-state index contributed by atoms with van der Waals surface area (Å²) in [7, 11) is 1.38. The van der Waals surface area contributed by atoms with Crippen molar-refractivity contribution in [1.29, 1.82) is 0 Å². The number of rotatable bonds is 2. The molecule has 1 aliphatic rings. The smallest absolute Gasteiger partial charge is 0.416 e. The Morgan fingerprint density at radius 3 is 2.35 bits per heavy atom. The lowest BCUT2D eigenvalue weighted by molar-refractivity contribution is -0.138. The molecule has 0 atom stereocenters. The van der Waals surface area contributed by atoms with E-state index in [2.05, 4.69) is 0 Å². The van der Waals surface area contributed by atoms with Crippen LogP contribution in [0.5, 0.6) is 5.75 Å². The molecule has 0 saturated heterocycles. The summed E-state index contributed by atoms with van der Waals surface area (Å²) in [6.07, 6.45) is -0.542. The second-order valence-corrected chi connectivity index (χ2v) is 4.43. The van der Waals surface area contributed by atoms with Crippen molar-refractivity contribution in [3.63, 3.8) is 0 Å². The highest BCUT2D eigenvalue weighted by Gasteiger charge is 2.36. The molecule has 0 aliphatic heterocycles. The molecule has 0 radical (unpaired) electrons. The Kier molecular flexibility index (Phi) is 3.31. The fourth-order valence-electron chi connectivity index (χ4n) is 2.50. The van der Waals surface area contributed by atoms with Gasteiger partial charge in [0, 0.05) is 0 Å². The maximum absolute atomic E-state index is 13.0. The third-order valence-electron chi connectivity index (χ3n) is 3.36. The van der Waals surface area contributed by atoms with Crippen molar-refractivity contribution in [2.75, 3.05) is 7.11 Å². The largest absolute Gasteiger partial charge is 0.497 e. The molecule has 1 aliphatic carbocycles. The van der Waals surface area contributed by atoms with Crippen LogP contribution in [-0.4, -0.2) is 7.11 Å². The SMILES string of the molecule is COc1ccc(C2CCCC2)c(C(F)(F)F)c1. The van der Waals surface area contributed by atoms with Gasteiger partial charge in [-0.15, -0.1) is 0 Å². The lowest BCUT2D eigenvalue weighted by Crippen LogP contribution is -2.11. The summed E-state index contributed by atoms with van der Waals surface area (Å²) in [6, 6.07) is 4.29. The molecule has 1 aromatic rings. The minimum absolute atomic E-state index is 0.0533. The average molecular weight is 244 g/mol. The molecule has 0 N–H and O–H groups in total. The first-order valence-electron chi connectivity index (χ1n) is 5.77. The summed E-state index contributed by atoms with van der Waals surface area (Å²) in [6.45, 7) is 0. The average Bonchev–Trinajstić information content (AvgIpc) is 2.80. The molecule has 1 aromatic carbocycles. The molecule has 17 heavy (non-hydrogen) atoms. The van der Waals surface area contributed by atoms with E-state index in [0.717, 1.165) is 31.7 Å². The molecule has 0 spiro atoms. The predicted molar refractivity (Wildman–Crippen MR) is 59.2 cm³/mol. The van der Waals surface area contributed by atoms with Gasteiger partial charge in [0.05, 0.1) is 12.7 Å². The molecule has 0 unspecified atom stereocenters. The van der Waals surface area contributed by atoms with E-state index in [1.165, 1.54) is 7.11 Å². The van der Waals surface area contributed by atoms with E-state index in [1.807, 2.05) is 0 Å². The summed E-state index contributed by atoms with van der Waals surface area (Å²) in [5.41, 5.74) is -0.112. The Labute approximate surface area is 98.6 Å². The van der Waals surface area contributed by atoms with Gasteiger partial charge >= 0.3 is 6.18 Å². The van der Waals surface area contributed by atoms with E-state index in [4.69, 9.17) is 4.74 Å². The van der Waals surface area contributed by atoms with Crippen LogP contribution in [0.15, 0.2) is 18.2 Å². The van der Waals surface area contributed by atoms with Gasteiger partial charge in [0.1, 0.15) is 5.75 Å². The quantitative estimate of drug-likeness (QED) is 0.750. The molecule has 0 heterocycles. The van der Waals surface area contributed by atoms with Gasteiger partial charge in [0.25, 0.3) is 0 Å². The van der Waals surface area contributed by atoms with Gasteiger partial charge in [-0.1, -0.05) is 18.9 Å². The maximum atomic E-state index is 13.0. The highest BCUT2D eigenvalue weighted by Crippen LogP contribution is 2.42. The van der Waals surface area contributed by atoms with Gasteiger partial charge in [-0.25, -0.2) is 0 Å². The number of benzene rings is 1. The van der Waals surface area contributed by atoms with Gasteiger partial charge < -0.3 is 4.74 Å². The van der Waals surface area contributed by atoms with Crippen molar-refractivity contribution >= 4 is 0 Å². The molecule has 2 rings (SSSR count). The van der Waals surface area contributed by atoms with Crippen LogP contribution in [0.25, 0.3) is 0 Å². The summed E-state index contributed by atoms with van der Waals surface area (Å²) in [5, 5.41) is 0. The Morgan fingerprint density at radius 1 is 1.18 bits per heavy atom. The van der Waals surface area contributed by atoms with Crippen molar-refractivity contribution in [3.8, 4) is 5.75 Å². The van der Waals surface area contributed by atoms with Crippen molar-refractivity contribution < 1.29 is 17.9 Å². The lowest BCUT2D eigenvalue weighted by Gasteiger charge is -2.18. The molecule has 1 fully saturated rings. The summed E-state index contributed by atoms with van der Waals surface area (Å²) < 4.78 is 43.8. The first-order valence-corrected chi connectivity index (χ1v) is 5.77. The summed E-state index contributed by atoms with van der Waals surface area (Å²) >= 11 is 0. The Bertz CT molecular complexity index is 392. The number of methoxy groups -OCH3 is 1. The van der Waals surface area contributed by atoms with Gasteiger partial charge in [-0.2, -0.15) is 13.2 Å². The fourth-order valence-corrected chi connectivity index (χ4v) is 2.50. The van der Waals surface area contributed by atoms with Crippen molar-refractivity contribution in [2.45, 2.75) is 37.8 Å². The molecule has 1 saturated carbocycles. The Hall–Kier alpha value is -1.19. The van der Waals surface area contributed by atoms with E-state index in [-0.39, 0.29) is 11.7 Å². The van der Waals surface area contributed by atoms with E-state index >= 15 is 0 Å². The van der Waals surface area contributed by atoms with Crippen molar-refractivity contribution in [3.05, 3.63) is 29.3 Å². The van der Waals surface area contributed by atoms with Gasteiger partial charge in [0.2, 0.25) is 0 Å². The zero-order valence-electron chi connectivity index (χ0n) is 9.68. The molecule has 0 amide bonds. The van der Waals surface area contributed by atoms with Crippen molar-refractivity contribution in [1.82, 2.24) is 0 Å². The standard InChI is InChI=1S/C13H15F3O/c1-17-10-6-7-11(9-4-2-3-5-9)12(8-10)13(14,15)16/h6-9H,2-5H2,1H3. The van der Waals surface area contributed by atoms with Crippen LogP contribution in [0, 0.1) is 0 Å². The van der Waals surface area contributed by atoms with Crippen LogP contribution in [0.3, 0.4) is 0 Å². The molecular formula is C13H15F3O. The second-order valence-electron chi connectivity index (χ2n) is 4.43. The van der Waals surface area contributed by atoms with E-state index in [0.29, 0.717) is 5.56 Å². The maximum Gasteiger partial charge on any atom is 0.416 e. The van der Waals surface area contributed by atoms with E-state index < -0.39 is 11.7 Å². The molecule has 94 valence electrons. The monoisotopic (exact) mass is 244 g/mol. The topological polar surface area (TPSA) is 9.23 Å². The number of hydrogen-bond acceptors (Lipinski definition) is 1. The predicted octanol–water partition coefficient (Wildman–Crippen LogP) is 4.37. The summed E-state index contributed by atoms with van der Waals surface area (Å²) in [5.74, 6) is 0.316. The molecule has 4 heteroatoms. The van der Waals surface area contributed by atoms with E-state index in [9.17, 15) is 13.2 Å². The van der Waals surface area contributed by atoms with Gasteiger partial charge in [0.15, 0.2) is 0 Å². The Balaban J connectivity index is 2.42. The first-order chi connectivity index (χ1) is 8.02. The normalized spacial score (nSPS) is 17.4. The minimum Gasteiger partial charge on any atom is -0.497 e. The van der Waals surface area contributed by atoms with Crippen LogP contribution in [0.2, 0.25) is 0 Å². The molecule has 0 aromatic heterocycles. The zero-order valence-corrected chi connectivity index (χ0v) is 9.68. The number of halogens is 3. The first kappa shape index (κ1) is 12.3. The van der Waals surface area contributed by atoms with Crippen LogP contribution >= 0.6 is 0 Å². The fraction of sp³-hybridized carbons (Fsp3) is 0.538. The number of hydrogen-bond donors (Lipinski definition) is 0. The number of ether oxygens (including phenoxy) is 1. The van der Waals surface area contributed by atoms with Crippen LogP contribution in [-0.2, 0) is 6.18 Å². The highest BCUT2D eigenvalue weighted by molar-refractivity contribution is 5.39. The number of alkyl halides is 3. The molecule has 0 bridgehead atoms. The molecular weight excluding hydrogens is 229 g/mol. The van der Waals surface area contributed by atoms with Gasteiger partial charge in [-0.05, 0) is 36.5 Å². The zero-order chi connectivity index (χ0) is 12.5. The minimum atomic E-state index is -4.30.